The van der Waals surface area contributed by atoms with Gasteiger partial charge in [-0.25, -0.2) is 0 Å². The molecule has 2 nitrogen and oxygen atoms in total. The summed E-state index contributed by atoms with van der Waals surface area (Å²) in [5, 5.41) is 3.35. The lowest BCUT2D eigenvalue weighted by Gasteiger charge is -2.13. The quantitative estimate of drug-likeness (QED) is 0.595. The van der Waals surface area contributed by atoms with Crippen molar-refractivity contribution in [2.45, 2.75) is 25.4 Å². The topological polar surface area (TPSA) is 24.4 Å². The van der Waals surface area contributed by atoms with E-state index in [1.54, 1.807) is 0 Å². The zero-order valence-electron chi connectivity index (χ0n) is 6.62. The number of nitrogens with one attached hydrogen (secondary N) is 1. The van der Waals surface area contributed by atoms with Crippen LogP contribution in [0.15, 0.2) is 29.3 Å². The first-order valence-corrected chi connectivity index (χ1v) is 4.08. The zero-order chi connectivity index (χ0) is 7.68. The zero-order valence-corrected chi connectivity index (χ0v) is 6.62. The maximum absolute atomic E-state index is 4.50. The van der Waals surface area contributed by atoms with Crippen LogP contribution in [0.25, 0.3) is 0 Å². The highest BCUT2D eigenvalue weighted by atomic mass is 15.1. The molecule has 0 aromatic heterocycles. The van der Waals surface area contributed by atoms with Crippen LogP contribution in [0.2, 0.25) is 0 Å². The molecule has 2 unspecified atom stereocenters. The van der Waals surface area contributed by atoms with Gasteiger partial charge in [-0.05, 0) is 0 Å². The smallest absolute Gasteiger partial charge is 0.0974 e. The average Bonchev–Trinajstić information content (AvgIpc) is 2.46. The third-order valence-electron chi connectivity index (χ3n) is 2.08. The Morgan fingerprint density at radius 1 is 1.45 bits per heavy atom. The summed E-state index contributed by atoms with van der Waals surface area (Å²) >= 11 is 0. The molecule has 0 aromatic rings. The third-order valence-corrected chi connectivity index (χ3v) is 2.08. The summed E-state index contributed by atoms with van der Waals surface area (Å²) in [6.45, 7) is 2.12. The molecule has 0 saturated carbocycles. The van der Waals surface area contributed by atoms with Crippen LogP contribution in [-0.2, 0) is 0 Å². The van der Waals surface area contributed by atoms with Crippen molar-refractivity contribution in [3.8, 4) is 0 Å². The summed E-state index contributed by atoms with van der Waals surface area (Å²) in [6.07, 6.45) is 9.44. The molecule has 1 heterocycles. The predicted molar refractivity (Wildman–Crippen MR) is 46.7 cm³/mol. The van der Waals surface area contributed by atoms with Crippen molar-refractivity contribution in [2.75, 3.05) is 0 Å². The van der Waals surface area contributed by atoms with Crippen LogP contribution in [0.4, 0.5) is 0 Å². The Kier molecular flexibility index (Phi) is 1.53. The van der Waals surface area contributed by atoms with Gasteiger partial charge in [0.1, 0.15) is 0 Å². The van der Waals surface area contributed by atoms with Crippen LogP contribution >= 0.6 is 0 Å². The summed E-state index contributed by atoms with van der Waals surface area (Å²) in [5.74, 6) is 1.14. The van der Waals surface area contributed by atoms with Crippen LogP contribution in [-0.4, -0.2) is 17.9 Å². The summed E-state index contributed by atoms with van der Waals surface area (Å²) < 4.78 is 0. The van der Waals surface area contributed by atoms with E-state index in [-0.39, 0.29) is 0 Å². The molecule has 0 amide bonds. The Balaban J connectivity index is 2.16. The summed E-state index contributed by atoms with van der Waals surface area (Å²) in [4.78, 5) is 4.50. The van der Waals surface area contributed by atoms with E-state index in [9.17, 15) is 0 Å². The van der Waals surface area contributed by atoms with Crippen molar-refractivity contribution >= 4 is 5.84 Å². The number of nitrogens with zero attached hydrogens (tertiary/aromatic N) is 1. The van der Waals surface area contributed by atoms with Crippen LogP contribution in [0, 0.1) is 0 Å². The average molecular weight is 148 g/mol. The Bertz CT molecular complexity index is 238. The molecule has 0 aromatic carbocycles. The summed E-state index contributed by atoms with van der Waals surface area (Å²) in [6, 6.07) is 0.782. The molecule has 11 heavy (non-hydrogen) atoms. The monoisotopic (exact) mass is 148 g/mol. The Morgan fingerprint density at radius 3 is 3.00 bits per heavy atom. The number of hydrogen-bond donors (Lipinski definition) is 1. The number of fused-ring (bicyclic) bond motifs is 1. The van der Waals surface area contributed by atoms with Crippen LogP contribution in [0.1, 0.15) is 13.3 Å². The van der Waals surface area contributed by atoms with E-state index in [1.165, 1.54) is 0 Å². The maximum atomic E-state index is 4.50. The van der Waals surface area contributed by atoms with Gasteiger partial charge in [-0.15, -0.1) is 0 Å². The first-order chi connectivity index (χ1) is 5.40. The van der Waals surface area contributed by atoms with Gasteiger partial charge >= 0.3 is 0 Å². The van der Waals surface area contributed by atoms with Gasteiger partial charge in [0.2, 0.25) is 0 Å². The van der Waals surface area contributed by atoms with Crippen molar-refractivity contribution in [3.05, 3.63) is 24.3 Å². The molecular formula is C9H12N2. The normalized spacial score (nSPS) is 33.0. The molecule has 0 bridgehead atoms. The van der Waals surface area contributed by atoms with Gasteiger partial charge in [-0.1, -0.05) is 31.2 Å². The van der Waals surface area contributed by atoms with E-state index < -0.39 is 0 Å². The standard InChI is InChI=1S/C9H12N2/c1-2-9-10-7-5-3-4-6-8(7)11-9/h3-8H,2H2,1H3,(H,10,11). The fourth-order valence-electron chi connectivity index (χ4n) is 1.46. The van der Waals surface area contributed by atoms with Crippen molar-refractivity contribution in [1.29, 1.82) is 0 Å². The first kappa shape index (κ1) is 6.65. The number of aliphatic imine (C=N–C) groups is 1. The molecule has 2 atom stereocenters. The first-order valence-electron chi connectivity index (χ1n) is 4.08. The van der Waals surface area contributed by atoms with Crippen molar-refractivity contribution in [3.63, 3.8) is 0 Å². The molecule has 1 aliphatic heterocycles. The lowest BCUT2D eigenvalue weighted by molar-refractivity contribution is 0.693. The second-order valence-electron chi connectivity index (χ2n) is 2.86. The molecule has 0 spiro atoms. The van der Waals surface area contributed by atoms with Crippen molar-refractivity contribution < 1.29 is 0 Å². The molecule has 0 fully saturated rings. The largest absolute Gasteiger partial charge is 0.365 e. The number of allylic oxidation sites excluding steroid dienone is 2. The van der Waals surface area contributed by atoms with Crippen molar-refractivity contribution in [2.24, 2.45) is 4.99 Å². The lowest BCUT2D eigenvalue weighted by Crippen LogP contribution is -2.32. The van der Waals surface area contributed by atoms with Crippen LogP contribution in [0.3, 0.4) is 0 Å². The molecule has 2 heteroatoms. The van der Waals surface area contributed by atoms with E-state index in [0.717, 1.165) is 12.3 Å². The molecular weight excluding hydrogens is 136 g/mol. The minimum atomic E-state index is 0.356. The minimum Gasteiger partial charge on any atom is -0.365 e. The molecule has 2 aliphatic rings. The molecule has 58 valence electrons. The van der Waals surface area contributed by atoms with Gasteiger partial charge < -0.3 is 5.32 Å². The number of amidine groups is 1. The van der Waals surface area contributed by atoms with Crippen molar-refractivity contribution in [1.82, 2.24) is 5.32 Å². The lowest BCUT2D eigenvalue weighted by atomic mass is 10.1. The third kappa shape index (κ3) is 1.09. The Labute approximate surface area is 66.7 Å². The van der Waals surface area contributed by atoms with E-state index in [1.807, 2.05) is 0 Å². The minimum absolute atomic E-state index is 0.356. The predicted octanol–water partition coefficient (Wildman–Crippen LogP) is 1.26. The fourth-order valence-corrected chi connectivity index (χ4v) is 1.46. The number of rotatable bonds is 1. The van der Waals surface area contributed by atoms with Gasteiger partial charge in [-0.3, -0.25) is 4.99 Å². The molecule has 2 rings (SSSR count). The molecule has 1 N–H and O–H groups in total. The Morgan fingerprint density at radius 2 is 2.27 bits per heavy atom. The highest BCUT2D eigenvalue weighted by Crippen LogP contribution is 2.14. The molecule has 1 aliphatic carbocycles. The number of hydrogen-bond acceptors (Lipinski definition) is 2. The SMILES string of the molecule is CCC1=NC2C=CC=CC2N1. The van der Waals surface area contributed by atoms with E-state index in [4.69, 9.17) is 0 Å². The second kappa shape index (κ2) is 2.53. The Hall–Kier alpha value is -1.05. The maximum Gasteiger partial charge on any atom is 0.0974 e. The van der Waals surface area contributed by atoms with Gasteiger partial charge in [0.15, 0.2) is 0 Å². The second-order valence-corrected chi connectivity index (χ2v) is 2.86. The van der Waals surface area contributed by atoms with Crippen LogP contribution in [0.5, 0.6) is 0 Å². The highest BCUT2D eigenvalue weighted by Gasteiger charge is 2.23. The summed E-state index contributed by atoms with van der Waals surface area (Å²) in [7, 11) is 0. The fraction of sp³-hybridized carbons (Fsp3) is 0.444. The molecule has 0 saturated heterocycles. The van der Waals surface area contributed by atoms with Crippen LogP contribution < -0.4 is 5.32 Å². The van der Waals surface area contributed by atoms with E-state index in [2.05, 4.69) is 41.5 Å². The molecule has 0 radical (unpaired) electrons. The van der Waals surface area contributed by atoms with Gasteiger partial charge in [0, 0.05) is 6.42 Å². The van der Waals surface area contributed by atoms with E-state index >= 15 is 0 Å². The van der Waals surface area contributed by atoms with Gasteiger partial charge in [0.05, 0.1) is 17.9 Å². The highest BCUT2D eigenvalue weighted by molar-refractivity contribution is 5.85. The van der Waals surface area contributed by atoms with Gasteiger partial charge in [-0.2, -0.15) is 0 Å². The van der Waals surface area contributed by atoms with Gasteiger partial charge in [0.25, 0.3) is 0 Å². The van der Waals surface area contributed by atoms with E-state index in [0.29, 0.717) is 12.1 Å². The summed E-state index contributed by atoms with van der Waals surface area (Å²) in [5.41, 5.74) is 0.